The fourth-order valence-corrected chi connectivity index (χ4v) is 1.62. The fraction of sp³-hybridized carbons (Fsp3) is 0.267. The molecule has 2 rings (SSSR count). The average molecular weight is 271 g/mol. The second-order valence-corrected chi connectivity index (χ2v) is 4.45. The summed E-state index contributed by atoms with van der Waals surface area (Å²) in [6.07, 6.45) is 2.20. The first kappa shape index (κ1) is 14.0. The molecule has 1 aromatic carbocycles. The first-order valence-corrected chi connectivity index (χ1v) is 6.52. The van der Waals surface area contributed by atoms with Gasteiger partial charge in [-0.2, -0.15) is 5.10 Å². The van der Waals surface area contributed by atoms with E-state index >= 15 is 0 Å². The van der Waals surface area contributed by atoms with Crippen LogP contribution in [0.4, 0.5) is 5.82 Å². The summed E-state index contributed by atoms with van der Waals surface area (Å²) >= 11 is 0. The van der Waals surface area contributed by atoms with Crippen LogP contribution < -0.4 is 10.1 Å². The van der Waals surface area contributed by atoms with Crippen molar-refractivity contribution in [3.8, 4) is 5.75 Å². The molecular weight excluding hydrogens is 254 g/mol. The summed E-state index contributed by atoms with van der Waals surface area (Å²) in [6, 6.07) is 13.0. The van der Waals surface area contributed by atoms with Gasteiger partial charge in [0.2, 0.25) is 5.91 Å². The molecule has 1 unspecified atom stereocenters. The minimum atomic E-state index is -0.152. The molecule has 0 bridgehead atoms. The summed E-state index contributed by atoms with van der Waals surface area (Å²) in [6.45, 7) is 2.36. The molecule has 0 fully saturated rings. The van der Waals surface area contributed by atoms with E-state index in [0.29, 0.717) is 18.8 Å². The van der Waals surface area contributed by atoms with E-state index in [1.807, 2.05) is 37.3 Å². The Hall–Kier alpha value is -2.43. The Morgan fingerprint density at radius 2 is 2.05 bits per heavy atom. The maximum absolute atomic E-state index is 11.9. The van der Waals surface area contributed by atoms with Crippen LogP contribution in [-0.4, -0.2) is 22.7 Å². The molecule has 0 radical (unpaired) electrons. The number of ether oxygens (including phenoxy) is 1. The van der Waals surface area contributed by atoms with Crippen LogP contribution in [0.5, 0.6) is 5.75 Å². The van der Waals surface area contributed by atoms with Gasteiger partial charge in [0.1, 0.15) is 5.75 Å². The monoisotopic (exact) mass is 271 g/mol. The highest BCUT2D eigenvalue weighted by atomic mass is 16.5. The van der Waals surface area contributed by atoms with Gasteiger partial charge in [0.05, 0.1) is 6.61 Å². The molecule has 0 saturated carbocycles. The van der Waals surface area contributed by atoms with Gasteiger partial charge in [0.25, 0.3) is 0 Å². The van der Waals surface area contributed by atoms with Gasteiger partial charge in [-0.1, -0.05) is 25.1 Å². The second-order valence-electron chi connectivity index (χ2n) is 4.45. The van der Waals surface area contributed by atoms with Crippen molar-refractivity contribution in [2.24, 2.45) is 5.92 Å². The molecule has 1 amide bonds. The van der Waals surface area contributed by atoms with Crippen molar-refractivity contribution in [1.29, 1.82) is 0 Å². The second kappa shape index (κ2) is 7.23. The number of nitrogens with zero attached hydrogens (tertiary/aromatic N) is 2. The molecule has 1 heterocycles. The average Bonchev–Trinajstić information content (AvgIpc) is 2.49. The van der Waals surface area contributed by atoms with E-state index in [1.165, 1.54) is 0 Å². The van der Waals surface area contributed by atoms with E-state index < -0.39 is 0 Å². The Bertz CT molecular complexity index is 531. The molecule has 0 saturated heterocycles. The predicted octanol–water partition coefficient (Wildman–Crippen LogP) is 2.52. The summed E-state index contributed by atoms with van der Waals surface area (Å²) in [5.74, 6) is 1.05. The molecule has 20 heavy (non-hydrogen) atoms. The summed E-state index contributed by atoms with van der Waals surface area (Å²) in [4.78, 5) is 11.9. The molecule has 0 aliphatic rings. The van der Waals surface area contributed by atoms with Crippen LogP contribution in [0.2, 0.25) is 0 Å². The number of hydrogen-bond donors (Lipinski definition) is 1. The third-order valence-corrected chi connectivity index (χ3v) is 2.83. The SMILES string of the molecule is CC(CCOc1ccccc1)C(=O)Nc1cccnn1. The highest BCUT2D eigenvalue weighted by molar-refractivity contribution is 5.91. The maximum Gasteiger partial charge on any atom is 0.228 e. The molecule has 1 aromatic heterocycles. The molecule has 1 N–H and O–H groups in total. The Morgan fingerprint density at radius 1 is 1.25 bits per heavy atom. The third-order valence-electron chi connectivity index (χ3n) is 2.83. The van der Waals surface area contributed by atoms with Crippen LogP contribution in [0.1, 0.15) is 13.3 Å². The summed E-state index contributed by atoms with van der Waals surface area (Å²) in [7, 11) is 0. The van der Waals surface area contributed by atoms with Crippen LogP contribution in [0, 0.1) is 5.92 Å². The Balaban J connectivity index is 1.74. The van der Waals surface area contributed by atoms with E-state index in [-0.39, 0.29) is 11.8 Å². The van der Waals surface area contributed by atoms with Crippen molar-refractivity contribution in [2.75, 3.05) is 11.9 Å². The number of carbonyl (C=O) groups is 1. The molecule has 0 aliphatic carbocycles. The number of benzene rings is 1. The zero-order valence-electron chi connectivity index (χ0n) is 11.3. The zero-order chi connectivity index (χ0) is 14.2. The van der Waals surface area contributed by atoms with Gasteiger partial charge >= 0.3 is 0 Å². The van der Waals surface area contributed by atoms with Crippen molar-refractivity contribution in [3.05, 3.63) is 48.7 Å². The van der Waals surface area contributed by atoms with Gasteiger partial charge in [-0.25, -0.2) is 0 Å². The highest BCUT2D eigenvalue weighted by Gasteiger charge is 2.13. The maximum atomic E-state index is 11.9. The van der Waals surface area contributed by atoms with Gasteiger partial charge in [-0.15, -0.1) is 5.10 Å². The topological polar surface area (TPSA) is 64.1 Å². The lowest BCUT2D eigenvalue weighted by atomic mass is 10.1. The normalized spacial score (nSPS) is 11.7. The smallest absolute Gasteiger partial charge is 0.228 e. The first-order valence-electron chi connectivity index (χ1n) is 6.52. The number of nitrogens with one attached hydrogen (secondary N) is 1. The highest BCUT2D eigenvalue weighted by Crippen LogP contribution is 2.11. The molecular formula is C15H17N3O2. The van der Waals surface area contributed by atoms with E-state index in [2.05, 4.69) is 15.5 Å². The number of carbonyl (C=O) groups excluding carboxylic acids is 1. The summed E-state index contributed by atoms with van der Waals surface area (Å²) in [5, 5.41) is 10.2. The van der Waals surface area contributed by atoms with E-state index in [1.54, 1.807) is 18.3 Å². The van der Waals surface area contributed by atoms with Crippen molar-refractivity contribution >= 4 is 11.7 Å². The summed E-state index contributed by atoms with van der Waals surface area (Å²) < 4.78 is 5.57. The minimum Gasteiger partial charge on any atom is -0.494 e. The van der Waals surface area contributed by atoms with E-state index in [0.717, 1.165) is 5.75 Å². The quantitative estimate of drug-likeness (QED) is 0.876. The number of hydrogen-bond acceptors (Lipinski definition) is 4. The van der Waals surface area contributed by atoms with E-state index in [4.69, 9.17) is 4.74 Å². The fourth-order valence-electron chi connectivity index (χ4n) is 1.62. The lowest BCUT2D eigenvalue weighted by Crippen LogP contribution is -2.22. The minimum absolute atomic E-state index is 0.0813. The van der Waals surface area contributed by atoms with Gasteiger partial charge in [-0.05, 0) is 30.7 Å². The zero-order valence-corrected chi connectivity index (χ0v) is 11.3. The molecule has 0 spiro atoms. The lowest BCUT2D eigenvalue weighted by Gasteiger charge is -2.12. The van der Waals surface area contributed by atoms with Gasteiger partial charge in [0, 0.05) is 12.1 Å². The van der Waals surface area contributed by atoms with Crippen LogP contribution >= 0.6 is 0 Å². The van der Waals surface area contributed by atoms with Crippen LogP contribution in [-0.2, 0) is 4.79 Å². The Kier molecular flexibility index (Phi) is 5.06. The molecule has 104 valence electrons. The molecule has 5 nitrogen and oxygen atoms in total. The molecule has 2 aromatic rings. The largest absolute Gasteiger partial charge is 0.494 e. The van der Waals surface area contributed by atoms with Gasteiger partial charge in [-0.3, -0.25) is 4.79 Å². The van der Waals surface area contributed by atoms with Crippen LogP contribution in [0.25, 0.3) is 0 Å². The number of amides is 1. The number of rotatable bonds is 6. The molecule has 1 atom stereocenters. The Labute approximate surface area is 118 Å². The summed E-state index contributed by atoms with van der Waals surface area (Å²) in [5.41, 5.74) is 0. The van der Waals surface area contributed by atoms with Gasteiger partial charge < -0.3 is 10.1 Å². The standard InChI is InChI=1S/C15H17N3O2/c1-12(9-11-20-13-6-3-2-4-7-13)15(19)17-14-8-5-10-16-18-14/h2-8,10,12H,9,11H2,1H3,(H,17,18,19). The van der Waals surface area contributed by atoms with Crippen molar-refractivity contribution in [3.63, 3.8) is 0 Å². The number of anilines is 1. The van der Waals surface area contributed by atoms with Crippen molar-refractivity contribution in [2.45, 2.75) is 13.3 Å². The molecule has 5 heteroatoms. The van der Waals surface area contributed by atoms with Crippen molar-refractivity contribution in [1.82, 2.24) is 10.2 Å². The van der Waals surface area contributed by atoms with Crippen molar-refractivity contribution < 1.29 is 9.53 Å². The van der Waals surface area contributed by atoms with Gasteiger partial charge in [0.15, 0.2) is 5.82 Å². The first-order chi connectivity index (χ1) is 9.75. The molecule has 0 aliphatic heterocycles. The van der Waals surface area contributed by atoms with E-state index in [9.17, 15) is 4.79 Å². The lowest BCUT2D eigenvalue weighted by molar-refractivity contribution is -0.119. The predicted molar refractivity (Wildman–Crippen MR) is 76.4 cm³/mol. The third kappa shape index (κ3) is 4.35. The van der Waals surface area contributed by atoms with Crippen LogP contribution in [0.15, 0.2) is 48.7 Å². The number of aromatic nitrogens is 2. The Morgan fingerprint density at radius 3 is 2.75 bits per heavy atom. The van der Waals surface area contributed by atoms with Crippen LogP contribution in [0.3, 0.4) is 0 Å². The number of para-hydroxylation sites is 1.